The highest BCUT2D eigenvalue weighted by molar-refractivity contribution is 5.79. The van der Waals surface area contributed by atoms with Crippen molar-refractivity contribution in [1.82, 2.24) is 4.90 Å². The van der Waals surface area contributed by atoms with E-state index in [4.69, 9.17) is 0 Å². The highest BCUT2D eigenvalue weighted by atomic mass is 16.3. The molecule has 0 aromatic heterocycles. The molecule has 0 saturated carbocycles. The number of benzene rings is 1. The Morgan fingerprint density at radius 2 is 2.11 bits per heavy atom. The number of amides is 1. The highest BCUT2D eigenvalue weighted by Gasteiger charge is 2.35. The van der Waals surface area contributed by atoms with Crippen LogP contribution in [0.4, 0.5) is 0 Å². The van der Waals surface area contributed by atoms with Crippen molar-refractivity contribution in [3.8, 4) is 0 Å². The van der Waals surface area contributed by atoms with Gasteiger partial charge in [-0.05, 0) is 18.4 Å². The Labute approximate surface area is 115 Å². The van der Waals surface area contributed by atoms with Gasteiger partial charge < -0.3 is 10.0 Å². The fourth-order valence-corrected chi connectivity index (χ4v) is 2.94. The monoisotopic (exact) mass is 261 g/mol. The van der Waals surface area contributed by atoms with Crippen LogP contribution in [0.1, 0.15) is 50.6 Å². The zero-order chi connectivity index (χ0) is 13.7. The average molecular weight is 261 g/mol. The van der Waals surface area contributed by atoms with Gasteiger partial charge in [-0.15, -0.1) is 0 Å². The van der Waals surface area contributed by atoms with Crippen molar-refractivity contribution in [2.75, 3.05) is 6.61 Å². The quantitative estimate of drug-likeness (QED) is 0.855. The number of carbonyl (C=O) groups is 1. The molecule has 0 aliphatic carbocycles. The summed E-state index contributed by atoms with van der Waals surface area (Å²) in [7, 11) is 0. The number of hydrogen-bond acceptors (Lipinski definition) is 2. The standard InChI is InChI=1S/C16H23NO2/c1-2-3-9-14-10-11-16(19)17(14)15(12-18)13-7-5-4-6-8-13/h4-8,14-15,18H,2-3,9-12H2,1H3/t14-,15-/m0/s1. The molecule has 1 fully saturated rings. The summed E-state index contributed by atoms with van der Waals surface area (Å²) in [6.07, 6.45) is 4.89. The van der Waals surface area contributed by atoms with Crippen molar-refractivity contribution in [3.05, 3.63) is 35.9 Å². The van der Waals surface area contributed by atoms with E-state index >= 15 is 0 Å². The van der Waals surface area contributed by atoms with Gasteiger partial charge >= 0.3 is 0 Å². The Hall–Kier alpha value is -1.35. The van der Waals surface area contributed by atoms with Crippen LogP contribution in [0, 0.1) is 0 Å². The molecule has 0 bridgehead atoms. The highest BCUT2D eigenvalue weighted by Crippen LogP contribution is 2.32. The molecule has 0 unspecified atom stereocenters. The Bertz CT molecular complexity index is 404. The third-order valence-corrected chi connectivity index (χ3v) is 3.96. The minimum Gasteiger partial charge on any atom is -0.394 e. The molecule has 3 heteroatoms. The molecule has 1 aliphatic rings. The van der Waals surface area contributed by atoms with Gasteiger partial charge in [0.05, 0.1) is 12.6 Å². The molecule has 2 rings (SSSR count). The van der Waals surface area contributed by atoms with Crippen LogP contribution in [-0.2, 0) is 4.79 Å². The average Bonchev–Trinajstić information content (AvgIpc) is 2.80. The van der Waals surface area contributed by atoms with Gasteiger partial charge in [-0.2, -0.15) is 0 Å². The zero-order valence-corrected chi connectivity index (χ0v) is 11.6. The SMILES string of the molecule is CCCC[C@H]1CCC(=O)N1[C@@H](CO)c1ccccc1. The van der Waals surface area contributed by atoms with Gasteiger partial charge in [-0.25, -0.2) is 0 Å². The van der Waals surface area contributed by atoms with Crippen LogP contribution in [0.3, 0.4) is 0 Å². The minimum absolute atomic E-state index is 0.00161. The van der Waals surface area contributed by atoms with Crippen molar-refractivity contribution in [3.63, 3.8) is 0 Å². The summed E-state index contributed by atoms with van der Waals surface area (Å²) in [5.74, 6) is 0.184. The summed E-state index contributed by atoms with van der Waals surface area (Å²) in [5.41, 5.74) is 1.03. The van der Waals surface area contributed by atoms with Crippen LogP contribution in [0.2, 0.25) is 0 Å². The molecule has 0 radical (unpaired) electrons. The predicted molar refractivity (Wildman–Crippen MR) is 75.7 cm³/mol. The summed E-state index contributed by atoms with van der Waals surface area (Å²) in [5, 5.41) is 9.71. The molecule has 1 N–H and O–H groups in total. The molecule has 1 aromatic rings. The second-order valence-corrected chi connectivity index (χ2v) is 5.24. The number of carbonyl (C=O) groups excluding carboxylic acids is 1. The van der Waals surface area contributed by atoms with E-state index in [1.54, 1.807) is 0 Å². The van der Waals surface area contributed by atoms with E-state index in [1.807, 2.05) is 35.2 Å². The third kappa shape index (κ3) is 3.16. The van der Waals surface area contributed by atoms with E-state index in [2.05, 4.69) is 6.92 Å². The smallest absolute Gasteiger partial charge is 0.223 e. The van der Waals surface area contributed by atoms with E-state index in [0.717, 1.165) is 31.2 Å². The lowest BCUT2D eigenvalue weighted by atomic mass is 10.0. The van der Waals surface area contributed by atoms with Gasteiger partial charge in [0, 0.05) is 12.5 Å². The lowest BCUT2D eigenvalue weighted by Crippen LogP contribution is -2.38. The lowest BCUT2D eigenvalue weighted by molar-refractivity contribution is -0.132. The molecule has 19 heavy (non-hydrogen) atoms. The van der Waals surface area contributed by atoms with E-state index in [1.165, 1.54) is 0 Å². The van der Waals surface area contributed by atoms with Gasteiger partial charge in [0.25, 0.3) is 0 Å². The molecule has 1 saturated heterocycles. The first kappa shape index (κ1) is 14.1. The Balaban J connectivity index is 2.17. The molecule has 3 nitrogen and oxygen atoms in total. The first-order chi connectivity index (χ1) is 9.27. The topological polar surface area (TPSA) is 40.5 Å². The van der Waals surface area contributed by atoms with Crippen LogP contribution in [0.25, 0.3) is 0 Å². The molecular formula is C16H23NO2. The van der Waals surface area contributed by atoms with Gasteiger partial charge in [0.15, 0.2) is 0 Å². The number of unbranched alkanes of at least 4 members (excludes halogenated alkanes) is 1. The van der Waals surface area contributed by atoms with Crippen molar-refractivity contribution in [2.24, 2.45) is 0 Å². The van der Waals surface area contributed by atoms with Gasteiger partial charge in [-0.1, -0.05) is 50.1 Å². The van der Waals surface area contributed by atoms with Crippen molar-refractivity contribution in [1.29, 1.82) is 0 Å². The maximum atomic E-state index is 12.1. The molecule has 1 amide bonds. The maximum Gasteiger partial charge on any atom is 0.223 e. The molecule has 2 atom stereocenters. The summed E-state index contributed by atoms with van der Waals surface area (Å²) < 4.78 is 0. The number of aliphatic hydroxyl groups excluding tert-OH is 1. The number of aliphatic hydroxyl groups is 1. The zero-order valence-electron chi connectivity index (χ0n) is 11.6. The third-order valence-electron chi connectivity index (χ3n) is 3.96. The summed E-state index contributed by atoms with van der Waals surface area (Å²) in [6.45, 7) is 2.17. The van der Waals surface area contributed by atoms with Crippen LogP contribution < -0.4 is 0 Å². The predicted octanol–water partition coefficient (Wildman–Crippen LogP) is 2.90. The second kappa shape index (κ2) is 6.71. The fourth-order valence-electron chi connectivity index (χ4n) is 2.94. The summed E-state index contributed by atoms with van der Waals surface area (Å²) in [6, 6.07) is 9.97. The first-order valence-corrected chi connectivity index (χ1v) is 7.25. The largest absolute Gasteiger partial charge is 0.394 e. The molecule has 1 heterocycles. The van der Waals surface area contributed by atoms with Crippen LogP contribution in [-0.4, -0.2) is 28.6 Å². The van der Waals surface area contributed by atoms with Gasteiger partial charge in [0.2, 0.25) is 5.91 Å². The van der Waals surface area contributed by atoms with Crippen LogP contribution in [0.5, 0.6) is 0 Å². The van der Waals surface area contributed by atoms with Crippen molar-refractivity contribution >= 4 is 5.91 Å². The molecule has 1 aromatic carbocycles. The van der Waals surface area contributed by atoms with Crippen LogP contribution in [0.15, 0.2) is 30.3 Å². The van der Waals surface area contributed by atoms with Gasteiger partial charge in [0.1, 0.15) is 0 Å². The summed E-state index contributed by atoms with van der Waals surface area (Å²) >= 11 is 0. The van der Waals surface area contributed by atoms with E-state index < -0.39 is 0 Å². The number of rotatable bonds is 6. The number of likely N-dealkylation sites (tertiary alicyclic amines) is 1. The first-order valence-electron chi connectivity index (χ1n) is 7.25. The minimum atomic E-state index is -0.182. The van der Waals surface area contributed by atoms with E-state index in [-0.39, 0.29) is 18.6 Å². The fraction of sp³-hybridized carbons (Fsp3) is 0.562. The Kier molecular flexibility index (Phi) is 4.97. The van der Waals surface area contributed by atoms with Crippen molar-refractivity contribution < 1.29 is 9.90 Å². The molecule has 1 aliphatic heterocycles. The molecule has 0 spiro atoms. The van der Waals surface area contributed by atoms with Crippen LogP contribution >= 0.6 is 0 Å². The number of hydrogen-bond donors (Lipinski definition) is 1. The van der Waals surface area contributed by atoms with E-state index in [0.29, 0.717) is 12.5 Å². The molecule has 104 valence electrons. The van der Waals surface area contributed by atoms with Crippen molar-refractivity contribution in [2.45, 2.75) is 51.1 Å². The maximum absolute atomic E-state index is 12.1. The lowest BCUT2D eigenvalue weighted by Gasteiger charge is -2.32. The van der Waals surface area contributed by atoms with Gasteiger partial charge in [-0.3, -0.25) is 4.79 Å². The normalized spacial score (nSPS) is 20.8. The Morgan fingerprint density at radius 1 is 1.37 bits per heavy atom. The Morgan fingerprint density at radius 3 is 2.74 bits per heavy atom. The number of nitrogens with zero attached hydrogens (tertiary/aromatic N) is 1. The summed E-state index contributed by atoms with van der Waals surface area (Å²) in [4.78, 5) is 14.1. The second-order valence-electron chi connectivity index (χ2n) is 5.24. The van der Waals surface area contributed by atoms with E-state index in [9.17, 15) is 9.90 Å². The molecular weight excluding hydrogens is 238 g/mol.